The van der Waals surface area contributed by atoms with Gasteiger partial charge in [-0.3, -0.25) is 0 Å². The Kier molecular flexibility index (Phi) is 4.91. The fourth-order valence-corrected chi connectivity index (χ4v) is 2.40. The lowest BCUT2D eigenvalue weighted by molar-refractivity contribution is 0.264. The first-order valence-electron chi connectivity index (χ1n) is 7.09. The van der Waals surface area contributed by atoms with Crippen molar-refractivity contribution in [2.24, 2.45) is 0 Å². The van der Waals surface area contributed by atoms with E-state index in [1.807, 2.05) is 32.3 Å². The Labute approximate surface area is 116 Å². The van der Waals surface area contributed by atoms with Gasteiger partial charge in [0.15, 0.2) is 0 Å². The minimum absolute atomic E-state index is 0.715. The van der Waals surface area contributed by atoms with Gasteiger partial charge < -0.3 is 20.3 Å². The average molecular weight is 263 g/mol. The topological polar surface area (TPSA) is 41.7 Å². The summed E-state index contributed by atoms with van der Waals surface area (Å²) < 4.78 is 5.81. The highest BCUT2D eigenvalue weighted by Gasteiger charge is 2.10. The van der Waals surface area contributed by atoms with Crippen LogP contribution in [-0.4, -0.2) is 45.2 Å². The average Bonchev–Trinajstić information content (AvgIpc) is 2.89. The molecule has 4 nitrogen and oxygen atoms in total. The van der Waals surface area contributed by atoms with Crippen molar-refractivity contribution in [3.8, 4) is 5.75 Å². The van der Waals surface area contributed by atoms with Crippen LogP contribution in [0.1, 0.15) is 19.3 Å². The molecule has 1 saturated heterocycles. The Bertz CT molecular complexity index is 400. The molecule has 0 unspecified atom stereocenters. The van der Waals surface area contributed by atoms with Gasteiger partial charge in [0.05, 0.1) is 12.3 Å². The second-order valence-corrected chi connectivity index (χ2v) is 5.37. The number of nitrogens with zero attached hydrogens (tertiary/aromatic N) is 2. The second kappa shape index (κ2) is 6.66. The molecule has 1 fully saturated rings. The molecule has 19 heavy (non-hydrogen) atoms. The molecule has 1 aliphatic heterocycles. The van der Waals surface area contributed by atoms with E-state index in [2.05, 4.69) is 9.80 Å². The molecule has 106 valence electrons. The van der Waals surface area contributed by atoms with Crippen LogP contribution in [0.3, 0.4) is 0 Å². The van der Waals surface area contributed by atoms with Crippen molar-refractivity contribution < 1.29 is 4.74 Å². The Morgan fingerprint density at radius 1 is 1.26 bits per heavy atom. The van der Waals surface area contributed by atoms with E-state index >= 15 is 0 Å². The van der Waals surface area contributed by atoms with Crippen LogP contribution in [0.4, 0.5) is 11.4 Å². The standard InChI is InChI=1S/C15H25N3O/c1-17(2)13-6-7-14(16)15(12-13)19-11-5-10-18-8-3-4-9-18/h6-7,12H,3-5,8-11,16H2,1-2H3. The molecule has 0 saturated carbocycles. The molecule has 0 atom stereocenters. The maximum absolute atomic E-state index is 5.94. The number of nitrogens with two attached hydrogens (primary N) is 1. The van der Waals surface area contributed by atoms with E-state index in [1.54, 1.807) is 0 Å². The van der Waals surface area contributed by atoms with Gasteiger partial charge in [-0.25, -0.2) is 0 Å². The van der Waals surface area contributed by atoms with Gasteiger partial charge in [0.1, 0.15) is 5.75 Å². The highest BCUT2D eigenvalue weighted by Crippen LogP contribution is 2.26. The summed E-state index contributed by atoms with van der Waals surface area (Å²) in [6.07, 6.45) is 3.75. The Hall–Kier alpha value is -1.42. The van der Waals surface area contributed by atoms with E-state index in [1.165, 1.54) is 25.9 Å². The van der Waals surface area contributed by atoms with Crippen molar-refractivity contribution >= 4 is 11.4 Å². The number of rotatable bonds is 6. The monoisotopic (exact) mass is 263 g/mol. The molecule has 0 aromatic heterocycles. The highest BCUT2D eigenvalue weighted by atomic mass is 16.5. The number of anilines is 2. The molecule has 2 N–H and O–H groups in total. The summed E-state index contributed by atoms with van der Waals surface area (Å²) in [6.45, 7) is 4.36. The van der Waals surface area contributed by atoms with E-state index in [0.717, 1.165) is 31.0 Å². The third-order valence-corrected chi connectivity index (χ3v) is 3.59. The van der Waals surface area contributed by atoms with Gasteiger partial charge in [0.25, 0.3) is 0 Å². The summed E-state index contributed by atoms with van der Waals surface area (Å²) in [4.78, 5) is 4.56. The first kappa shape index (κ1) is 14.0. The molecule has 0 spiro atoms. The summed E-state index contributed by atoms with van der Waals surface area (Å²) in [5.74, 6) is 0.799. The molecule has 1 aromatic rings. The lowest BCUT2D eigenvalue weighted by Gasteiger charge is -2.17. The summed E-state index contributed by atoms with van der Waals surface area (Å²) >= 11 is 0. The van der Waals surface area contributed by atoms with Crippen LogP contribution in [-0.2, 0) is 0 Å². The number of ether oxygens (including phenoxy) is 1. The predicted octanol–water partition coefficient (Wildman–Crippen LogP) is 2.20. The quantitative estimate of drug-likeness (QED) is 0.631. The zero-order valence-corrected chi connectivity index (χ0v) is 12.1. The molecule has 0 bridgehead atoms. The Morgan fingerprint density at radius 2 is 2.00 bits per heavy atom. The van der Waals surface area contributed by atoms with Crippen molar-refractivity contribution in [3.63, 3.8) is 0 Å². The zero-order valence-electron chi connectivity index (χ0n) is 12.1. The molecule has 0 aliphatic carbocycles. The van der Waals surface area contributed by atoms with Crippen LogP contribution in [0.5, 0.6) is 5.75 Å². The van der Waals surface area contributed by atoms with Gasteiger partial charge >= 0.3 is 0 Å². The fourth-order valence-electron chi connectivity index (χ4n) is 2.40. The van der Waals surface area contributed by atoms with Crippen LogP contribution in [0.25, 0.3) is 0 Å². The molecular weight excluding hydrogens is 238 g/mol. The molecular formula is C15H25N3O. The molecule has 2 rings (SSSR count). The number of likely N-dealkylation sites (tertiary alicyclic amines) is 1. The van der Waals surface area contributed by atoms with Crippen LogP contribution >= 0.6 is 0 Å². The number of nitrogen functional groups attached to an aromatic ring is 1. The maximum Gasteiger partial charge on any atom is 0.144 e. The van der Waals surface area contributed by atoms with Gasteiger partial charge in [-0.05, 0) is 44.5 Å². The SMILES string of the molecule is CN(C)c1ccc(N)c(OCCCN2CCCC2)c1. The normalized spacial score (nSPS) is 15.7. The van der Waals surface area contributed by atoms with E-state index in [4.69, 9.17) is 10.5 Å². The Morgan fingerprint density at radius 3 is 2.68 bits per heavy atom. The van der Waals surface area contributed by atoms with Crippen LogP contribution in [0, 0.1) is 0 Å². The van der Waals surface area contributed by atoms with Crippen molar-refractivity contribution in [3.05, 3.63) is 18.2 Å². The summed E-state index contributed by atoms with van der Waals surface area (Å²) in [6, 6.07) is 5.92. The van der Waals surface area contributed by atoms with Crippen LogP contribution < -0.4 is 15.4 Å². The van der Waals surface area contributed by atoms with Crippen LogP contribution in [0.15, 0.2) is 18.2 Å². The summed E-state index contributed by atoms with van der Waals surface area (Å²) in [5.41, 5.74) is 7.77. The predicted molar refractivity (Wildman–Crippen MR) is 81.0 cm³/mol. The van der Waals surface area contributed by atoms with E-state index in [0.29, 0.717) is 5.69 Å². The summed E-state index contributed by atoms with van der Waals surface area (Å²) in [5, 5.41) is 0. The third kappa shape index (κ3) is 4.03. The number of benzene rings is 1. The van der Waals surface area contributed by atoms with Crippen molar-refractivity contribution in [1.29, 1.82) is 0 Å². The smallest absolute Gasteiger partial charge is 0.144 e. The number of hydrogen-bond donors (Lipinski definition) is 1. The van der Waals surface area contributed by atoms with Crippen LogP contribution in [0.2, 0.25) is 0 Å². The largest absolute Gasteiger partial charge is 0.491 e. The lowest BCUT2D eigenvalue weighted by atomic mass is 10.2. The first-order valence-corrected chi connectivity index (χ1v) is 7.09. The van der Waals surface area contributed by atoms with Gasteiger partial charge in [-0.1, -0.05) is 0 Å². The van der Waals surface area contributed by atoms with E-state index in [9.17, 15) is 0 Å². The zero-order chi connectivity index (χ0) is 13.7. The maximum atomic E-state index is 5.94. The third-order valence-electron chi connectivity index (χ3n) is 3.59. The fraction of sp³-hybridized carbons (Fsp3) is 0.600. The van der Waals surface area contributed by atoms with Gasteiger partial charge in [-0.15, -0.1) is 0 Å². The minimum Gasteiger partial charge on any atom is -0.491 e. The molecule has 1 aliphatic rings. The molecule has 1 aromatic carbocycles. The molecule has 1 heterocycles. The first-order chi connectivity index (χ1) is 9.16. The van der Waals surface area contributed by atoms with Gasteiger partial charge in [-0.2, -0.15) is 0 Å². The number of hydrogen-bond acceptors (Lipinski definition) is 4. The minimum atomic E-state index is 0.715. The van der Waals surface area contributed by atoms with Gasteiger partial charge in [0, 0.05) is 32.4 Å². The molecule has 4 heteroatoms. The summed E-state index contributed by atoms with van der Waals surface area (Å²) in [7, 11) is 4.03. The highest BCUT2D eigenvalue weighted by molar-refractivity contribution is 5.61. The van der Waals surface area contributed by atoms with Crippen molar-refractivity contribution in [2.45, 2.75) is 19.3 Å². The van der Waals surface area contributed by atoms with E-state index in [-0.39, 0.29) is 0 Å². The lowest BCUT2D eigenvalue weighted by Crippen LogP contribution is -2.22. The second-order valence-electron chi connectivity index (χ2n) is 5.37. The molecule has 0 radical (unpaired) electrons. The van der Waals surface area contributed by atoms with E-state index < -0.39 is 0 Å². The van der Waals surface area contributed by atoms with Crippen molar-refractivity contribution in [1.82, 2.24) is 4.90 Å². The Balaban J connectivity index is 1.79. The van der Waals surface area contributed by atoms with Gasteiger partial charge in [0.2, 0.25) is 0 Å². The van der Waals surface area contributed by atoms with Crippen molar-refractivity contribution in [2.75, 3.05) is 51.0 Å². The molecule has 0 amide bonds.